The highest BCUT2D eigenvalue weighted by Gasteiger charge is 2.26. The number of aromatic nitrogens is 5. The number of nitrogens with zero attached hydrogens (tertiary/aromatic N) is 5. The fraction of sp³-hybridized carbons (Fsp3) is 0.222. The van der Waals surface area contributed by atoms with Crippen LogP contribution in [0.15, 0.2) is 49.1 Å². The highest BCUT2D eigenvalue weighted by Crippen LogP contribution is 2.27. The summed E-state index contributed by atoms with van der Waals surface area (Å²) in [5.74, 6) is 0.632. The van der Waals surface area contributed by atoms with Gasteiger partial charge in [0.05, 0.1) is 11.7 Å². The second kappa shape index (κ2) is 5.49. The third kappa shape index (κ3) is 2.49. The smallest absolute Gasteiger partial charge is 0.241 e. The molecule has 124 valence electrons. The Morgan fingerprint density at radius 2 is 2.04 bits per heavy atom. The van der Waals surface area contributed by atoms with Crippen LogP contribution in [-0.2, 0) is 0 Å². The first-order chi connectivity index (χ1) is 12.3. The van der Waals surface area contributed by atoms with Crippen LogP contribution in [0.3, 0.4) is 0 Å². The van der Waals surface area contributed by atoms with E-state index in [1.165, 1.54) is 0 Å². The van der Waals surface area contributed by atoms with Crippen LogP contribution < -0.4 is 11.1 Å². The summed E-state index contributed by atoms with van der Waals surface area (Å²) in [5.41, 5.74) is 9.59. The molecular weight excluding hydrogens is 314 g/mol. The Morgan fingerprint density at radius 3 is 2.92 bits per heavy atom. The lowest BCUT2D eigenvalue weighted by Gasteiger charge is -2.32. The molecule has 5 rings (SSSR count). The number of rotatable bonds is 3. The number of hydrogen-bond donors (Lipinski definition) is 2. The van der Waals surface area contributed by atoms with Crippen molar-refractivity contribution in [3.63, 3.8) is 0 Å². The van der Waals surface area contributed by atoms with Gasteiger partial charge in [-0.25, -0.2) is 19.5 Å². The summed E-state index contributed by atoms with van der Waals surface area (Å²) in [4.78, 5) is 13.2. The average molecular weight is 331 g/mol. The molecule has 7 nitrogen and oxygen atoms in total. The summed E-state index contributed by atoms with van der Waals surface area (Å²) in [6.45, 7) is 0. The summed E-state index contributed by atoms with van der Waals surface area (Å²) in [7, 11) is 0. The van der Waals surface area contributed by atoms with Crippen molar-refractivity contribution in [1.29, 1.82) is 0 Å². The number of pyridine rings is 2. The van der Waals surface area contributed by atoms with E-state index in [0.29, 0.717) is 18.0 Å². The molecule has 4 aromatic rings. The van der Waals surface area contributed by atoms with Gasteiger partial charge in [-0.15, -0.1) is 5.10 Å². The van der Waals surface area contributed by atoms with Gasteiger partial charge in [0.2, 0.25) is 5.95 Å². The minimum atomic E-state index is 0.300. The van der Waals surface area contributed by atoms with E-state index in [-0.39, 0.29) is 0 Å². The predicted molar refractivity (Wildman–Crippen MR) is 96.1 cm³/mol. The van der Waals surface area contributed by atoms with Crippen LogP contribution in [0.4, 0.5) is 5.95 Å². The normalized spacial score (nSPS) is 19.9. The molecule has 0 aliphatic heterocycles. The maximum absolute atomic E-state index is 5.82. The van der Waals surface area contributed by atoms with Crippen LogP contribution in [0.2, 0.25) is 0 Å². The Kier molecular flexibility index (Phi) is 3.14. The van der Waals surface area contributed by atoms with Crippen LogP contribution in [0.5, 0.6) is 0 Å². The number of fused-ring (bicyclic) bond motifs is 2. The van der Waals surface area contributed by atoms with Crippen LogP contribution in [0, 0.1) is 0 Å². The summed E-state index contributed by atoms with van der Waals surface area (Å²) in [6.07, 6.45) is 9.31. The van der Waals surface area contributed by atoms with E-state index < -0.39 is 0 Å². The van der Waals surface area contributed by atoms with E-state index in [9.17, 15) is 0 Å². The van der Waals surface area contributed by atoms with E-state index in [0.717, 1.165) is 40.5 Å². The molecule has 4 heterocycles. The summed E-state index contributed by atoms with van der Waals surface area (Å²) in [5, 5.41) is 8.90. The van der Waals surface area contributed by atoms with Gasteiger partial charge in [-0.05, 0) is 37.1 Å². The molecule has 7 heteroatoms. The summed E-state index contributed by atoms with van der Waals surface area (Å²) >= 11 is 0. The van der Waals surface area contributed by atoms with Gasteiger partial charge < -0.3 is 11.1 Å². The van der Waals surface area contributed by atoms with Crippen molar-refractivity contribution >= 4 is 22.5 Å². The first-order valence-electron chi connectivity index (χ1n) is 8.34. The molecule has 0 radical (unpaired) electrons. The minimum Gasteiger partial charge on any atom is -0.350 e. The topological polar surface area (TPSA) is 94.0 Å². The average Bonchev–Trinajstić information content (AvgIpc) is 3.03. The van der Waals surface area contributed by atoms with E-state index in [4.69, 9.17) is 5.73 Å². The van der Waals surface area contributed by atoms with Gasteiger partial charge >= 0.3 is 0 Å². The third-order valence-electron chi connectivity index (χ3n) is 4.69. The second-order valence-electron chi connectivity index (χ2n) is 6.49. The van der Waals surface area contributed by atoms with Crippen LogP contribution in [0.1, 0.15) is 12.8 Å². The van der Waals surface area contributed by atoms with E-state index >= 15 is 0 Å². The number of hydrogen-bond acceptors (Lipinski definition) is 6. The molecule has 0 amide bonds. The molecule has 0 atom stereocenters. The molecule has 0 spiro atoms. The van der Waals surface area contributed by atoms with Gasteiger partial charge in [0.1, 0.15) is 0 Å². The molecule has 0 bridgehead atoms. The highest BCUT2D eigenvalue weighted by molar-refractivity contribution is 5.86. The van der Waals surface area contributed by atoms with Crippen molar-refractivity contribution in [1.82, 2.24) is 24.6 Å². The Balaban J connectivity index is 1.50. The number of anilines is 1. The number of nitrogens with one attached hydrogen (secondary N) is 1. The molecule has 0 aromatic carbocycles. The SMILES string of the molecule is N[C@H]1C[C@@H](Nc2ncc3c(-c4cnc5ncccc5c4)ccn3n2)C1. The summed E-state index contributed by atoms with van der Waals surface area (Å²) in [6, 6.07) is 8.73. The Hall–Kier alpha value is -3.06. The van der Waals surface area contributed by atoms with Gasteiger partial charge in [0.25, 0.3) is 0 Å². The van der Waals surface area contributed by atoms with E-state index in [1.54, 1.807) is 6.20 Å². The standard InChI is InChI=1S/C18H17N7/c19-13-7-14(8-13)23-18-22-10-16-15(3-5-25(16)24-18)12-6-11-2-1-4-20-17(11)21-9-12/h1-6,9-10,13-14H,7-8,19H2,(H,23,24)/t13-,14+. The van der Waals surface area contributed by atoms with Gasteiger partial charge in [0.15, 0.2) is 5.65 Å². The number of nitrogens with two attached hydrogens (primary N) is 1. The fourth-order valence-corrected chi connectivity index (χ4v) is 3.29. The van der Waals surface area contributed by atoms with Gasteiger partial charge in [-0.2, -0.15) is 0 Å². The Bertz CT molecular complexity index is 1070. The van der Waals surface area contributed by atoms with Crippen molar-refractivity contribution in [3.8, 4) is 11.1 Å². The highest BCUT2D eigenvalue weighted by atomic mass is 15.3. The maximum Gasteiger partial charge on any atom is 0.241 e. The van der Waals surface area contributed by atoms with Crippen molar-refractivity contribution in [3.05, 3.63) is 49.1 Å². The maximum atomic E-state index is 5.82. The molecule has 1 saturated carbocycles. The van der Waals surface area contributed by atoms with Gasteiger partial charge in [0, 0.05) is 47.2 Å². The second-order valence-corrected chi connectivity index (χ2v) is 6.49. The van der Waals surface area contributed by atoms with Crippen molar-refractivity contribution < 1.29 is 0 Å². The van der Waals surface area contributed by atoms with Crippen LogP contribution in [-0.4, -0.2) is 36.6 Å². The van der Waals surface area contributed by atoms with Crippen LogP contribution >= 0.6 is 0 Å². The first kappa shape index (κ1) is 14.3. The predicted octanol–water partition coefficient (Wildman–Crippen LogP) is 2.24. The quantitative estimate of drug-likeness (QED) is 0.598. The zero-order valence-electron chi connectivity index (χ0n) is 13.5. The molecule has 0 unspecified atom stereocenters. The van der Waals surface area contributed by atoms with E-state index in [2.05, 4.69) is 31.4 Å². The van der Waals surface area contributed by atoms with Gasteiger partial charge in [-0.3, -0.25) is 0 Å². The molecule has 1 aliphatic carbocycles. The lowest BCUT2D eigenvalue weighted by molar-refractivity contribution is 0.371. The molecular formula is C18H17N7. The molecule has 25 heavy (non-hydrogen) atoms. The zero-order chi connectivity index (χ0) is 16.8. The Morgan fingerprint density at radius 1 is 1.12 bits per heavy atom. The molecule has 3 N–H and O–H groups in total. The monoisotopic (exact) mass is 331 g/mol. The minimum absolute atomic E-state index is 0.300. The van der Waals surface area contributed by atoms with Crippen molar-refractivity contribution in [2.24, 2.45) is 5.73 Å². The Labute approximate surface area is 143 Å². The first-order valence-corrected chi connectivity index (χ1v) is 8.34. The largest absolute Gasteiger partial charge is 0.350 e. The molecule has 1 aliphatic rings. The fourth-order valence-electron chi connectivity index (χ4n) is 3.29. The zero-order valence-corrected chi connectivity index (χ0v) is 13.5. The molecule has 0 saturated heterocycles. The summed E-state index contributed by atoms with van der Waals surface area (Å²) < 4.78 is 1.84. The lowest BCUT2D eigenvalue weighted by Crippen LogP contribution is -2.44. The molecule has 1 fully saturated rings. The van der Waals surface area contributed by atoms with Crippen LogP contribution in [0.25, 0.3) is 27.7 Å². The van der Waals surface area contributed by atoms with Gasteiger partial charge in [-0.1, -0.05) is 0 Å². The third-order valence-corrected chi connectivity index (χ3v) is 4.69. The molecule has 4 aromatic heterocycles. The lowest BCUT2D eigenvalue weighted by atomic mass is 9.88. The van der Waals surface area contributed by atoms with E-state index in [1.807, 2.05) is 41.3 Å². The van der Waals surface area contributed by atoms with Crippen molar-refractivity contribution in [2.45, 2.75) is 24.9 Å². The van der Waals surface area contributed by atoms with Crippen molar-refractivity contribution in [2.75, 3.05) is 5.32 Å².